The number of rotatable bonds is 2. The van der Waals surface area contributed by atoms with Gasteiger partial charge in [0.1, 0.15) is 0 Å². The van der Waals surface area contributed by atoms with Crippen LogP contribution in [0.5, 0.6) is 0 Å². The van der Waals surface area contributed by atoms with Gasteiger partial charge in [0.05, 0.1) is 27.8 Å². The van der Waals surface area contributed by atoms with Gasteiger partial charge in [0, 0.05) is 21.9 Å². The first-order valence-corrected chi connectivity index (χ1v) is 20.1. The summed E-state index contributed by atoms with van der Waals surface area (Å²) in [7, 11) is 0. The van der Waals surface area contributed by atoms with E-state index in [2.05, 4.69) is 202 Å². The summed E-state index contributed by atoms with van der Waals surface area (Å²) >= 11 is 0. The summed E-state index contributed by atoms with van der Waals surface area (Å²) in [6, 6.07) is 48.3. The third-order valence-corrected chi connectivity index (χ3v) is 12.5. The Balaban J connectivity index is 1.60. The van der Waals surface area contributed by atoms with Crippen LogP contribution in [0.4, 0.5) is 0 Å². The molecule has 278 valence electrons. The van der Waals surface area contributed by atoms with Gasteiger partial charge in [-0.05, 0) is 148 Å². The minimum Gasteiger partial charge on any atom is -0.354 e. The van der Waals surface area contributed by atoms with Gasteiger partial charge in [0.25, 0.3) is 0 Å². The van der Waals surface area contributed by atoms with Crippen molar-refractivity contribution in [3.8, 4) is 33.5 Å². The van der Waals surface area contributed by atoms with Gasteiger partial charge in [-0.1, -0.05) is 126 Å². The lowest BCUT2D eigenvalue weighted by Gasteiger charge is -2.37. The van der Waals surface area contributed by atoms with Crippen LogP contribution in [0.2, 0.25) is 0 Å². The maximum Gasteiger partial charge on any atom is 0.0894 e. The number of aromatic nitrogens is 2. The number of aryl methyl sites for hydroxylation is 4. The molecule has 1 aliphatic heterocycles. The molecule has 2 nitrogen and oxygen atoms in total. The van der Waals surface area contributed by atoms with Crippen molar-refractivity contribution in [2.24, 2.45) is 0 Å². The van der Waals surface area contributed by atoms with E-state index < -0.39 is 5.41 Å². The van der Waals surface area contributed by atoms with Gasteiger partial charge in [-0.25, -0.2) is 0 Å². The predicted molar refractivity (Wildman–Crippen MR) is 238 cm³/mol. The molecular formula is C54H52N2. The summed E-state index contributed by atoms with van der Waals surface area (Å²) < 4.78 is 0. The Hall–Kier alpha value is -5.73. The molecule has 0 unspecified atom stereocenters. The number of nitrogens with one attached hydrogen (secondary N) is 1. The SMILES string of the molecule is Cc1cc(C)c2cc1-c1cccc(n1)C(c1ccccc1)(c1ccccc1)c1cc(C(C)(C)C)cc3c1[nH]c1c(cc(C(C)(C)C)cc13)-c1cc-2c(C)cc1C. The molecule has 56 heavy (non-hydrogen) atoms. The van der Waals surface area contributed by atoms with Crippen LogP contribution in [0.25, 0.3) is 55.3 Å². The fourth-order valence-electron chi connectivity index (χ4n) is 9.41. The molecule has 0 fully saturated rings. The topological polar surface area (TPSA) is 28.7 Å². The molecular weight excluding hydrogens is 677 g/mol. The molecule has 3 heterocycles. The molecule has 1 aliphatic rings. The van der Waals surface area contributed by atoms with Gasteiger partial charge >= 0.3 is 0 Å². The van der Waals surface area contributed by atoms with Gasteiger partial charge in [-0.2, -0.15) is 0 Å². The van der Waals surface area contributed by atoms with E-state index in [0.29, 0.717) is 0 Å². The molecule has 0 aliphatic carbocycles. The maximum absolute atomic E-state index is 5.80. The summed E-state index contributed by atoms with van der Waals surface area (Å²) in [5.74, 6) is 0. The Morgan fingerprint density at radius 2 is 0.929 bits per heavy atom. The highest BCUT2D eigenvalue weighted by Gasteiger charge is 2.43. The van der Waals surface area contributed by atoms with Crippen LogP contribution < -0.4 is 0 Å². The van der Waals surface area contributed by atoms with E-state index in [-0.39, 0.29) is 10.8 Å². The molecule has 0 amide bonds. The number of aromatic amines is 1. The quantitative estimate of drug-likeness (QED) is 0.189. The van der Waals surface area contributed by atoms with E-state index in [9.17, 15) is 0 Å². The zero-order chi connectivity index (χ0) is 39.3. The normalized spacial score (nSPS) is 13.7. The van der Waals surface area contributed by atoms with Crippen LogP contribution in [0.3, 0.4) is 0 Å². The number of hydrogen-bond donors (Lipinski definition) is 1. The first kappa shape index (κ1) is 35.9. The Bertz CT molecular complexity index is 2800. The summed E-state index contributed by atoms with van der Waals surface area (Å²) in [4.78, 5) is 10.00. The molecule has 0 radical (unpaired) electrons. The zero-order valence-corrected chi connectivity index (χ0v) is 34.6. The van der Waals surface area contributed by atoms with Gasteiger partial charge in [-0.3, -0.25) is 4.98 Å². The second kappa shape index (κ2) is 12.6. The molecule has 8 bridgehead atoms. The molecule has 0 spiro atoms. The van der Waals surface area contributed by atoms with Crippen LogP contribution in [0, 0.1) is 27.7 Å². The minimum atomic E-state index is -0.766. The molecule has 0 saturated heterocycles. The van der Waals surface area contributed by atoms with Crippen molar-refractivity contribution in [2.45, 2.75) is 85.5 Å². The Labute approximate surface area is 332 Å². The third-order valence-electron chi connectivity index (χ3n) is 12.5. The molecule has 6 aromatic carbocycles. The maximum atomic E-state index is 5.80. The first-order valence-electron chi connectivity index (χ1n) is 20.1. The van der Waals surface area contributed by atoms with Crippen molar-refractivity contribution >= 4 is 21.8 Å². The van der Waals surface area contributed by atoms with Crippen LogP contribution in [-0.2, 0) is 16.2 Å². The van der Waals surface area contributed by atoms with Gasteiger partial charge < -0.3 is 4.98 Å². The minimum absolute atomic E-state index is 0.0656. The Morgan fingerprint density at radius 1 is 0.446 bits per heavy atom. The molecule has 2 aromatic heterocycles. The highest BCUT2D eigenvalue weighted by atomic mass is 14.8. The Kier molecular flexibility index (Phi) is 8.12. The summed E-state index contributed by atoms with van der Waals surface area (Å²) in [6.45, 7) is 23.1. The van der Waals surface area contributed by atoms with Crippen LogP contribution in [-0.4, -0.2) is 9.97 Å². The van der Waals surface area contributed by atoms with E-state index in [1.54, 1.807) is 0 Å². The number of fused-ring (bicyclic) bond motifs is 10. The van der Waals surface area contributed by atoms with Crippen LogP contribution in [0.15, 0.2) is 127 Å². The third kappa shape index (κ3) is 5.48. The molecule has 8 aromatic rings. The second-order valence-corrected chi connectivity index (χ2v) is 18.4. The van der Waals surface area contributed by atoms with E-state index >= 15 is 0 Å². The molecule has 2 heteroatoms. The molecule has 1 N–H and O–H groups in total. The molecule has 9 rings (SSSR count). The fraction of sp³-hybridized carbons (Fsp3) is 0.241. The number of hydrogen-bond acceptors (Lipinski definition) is 1. The van der Waals surface area contributed by atoms with Crippen molar-refractivity contribution < 1.29 is 0 Å². The largest absolute Gasteiger partial charge is 0.354 e. The average molecular weight is 729 g/mol. The predicted octanol–water partition coefficient (Wildman–Crippen LogP) is 14.2. The lowest BCUT2D eigenvalue weighted by atomic mass is 9.65. The second-order valence-electron chi connectivity index (χ2n) is 18.4. The summed E-state index contributed by atoms with van der Waals surface area (Å²) in [5.41, 5.74) is 20.8. The Morgan fingerprint density at radius 3 is 1.48 bits per heavy atom. The number of H-pyrrole nitrogens is 1. The first-order chi connectivity index (χ1) is 26.7. The fourth-order valence-corrected chi connectivity index (χ4v) is 9.41. The van der Waals surface area contributed by atoms with Crippen LogP contribution >= 0.6 is 0 Å². The number of benzene rings is 6. The van der Waals surface area contributed by atoms with Gasteiger partial charge in [0.15, 0.2) is 0 Å². The van der Waals surface area contributed by atoms with E-state index in [1.807, 2.05) is 0 Å². The highest BCUT2D eigenvalue weighted by molar-refractivity contribution is 6.14. The summed E-state index contributed by atoms with van der Waals surface area (Å²) in [6.07, 6.45) is 0. The summed E-state index contributed by atoms with van der Waals surface area (Å²) in [5, 5.41) is 2.50. The number of pyridine rings is 1. The van der Waals surface area contributed by atoms with Crippen molar-refractivity contribution in [2.75, 3.05) is 0 Å². The van der Waals surface area contributed by atoms with Crippen molar-refractivity contribution in [1.82, 2.24) is 9.97 Å². The smallest absolute Gasteiger partial charge is 0.0894 e. The standard InChI is InChI=1S/C54H52N2/c1-32-24-34(3)42-30-40(32)41-31-43(35(4)25-33(41)2)48-22-17-23-49(55-48)54(36-18-13-11-14-19-36,37-20-15-12-16-21-37)47-29-39(53(8,9)10)28-46-45-27-38(52(5,6)7)26-44(42)50(45)56-51(46)47/h11-31,56H,1-10H3. The molecule has 0 saturated carbocycles. The van der Waals surface area contributed by atoms with E-state index in [1.165, 1.54) is 88.6 Å². The van der Waals surface area contributed by atoms with Gasteiger partial charge in [0.2, 0.25) is 0 Å². The lowest BCUT2D eigenvalue weighted by molar-refractivity contribution is 0.588. The zero-order valence-electron chi connectivity index (χ0n) is 34.6. The number of nitrogens with zero attached hydrogens (tertiary/aromatic N) is 1. The average Bonchev–Trinajstić information content (AvgIpc) is 3.54. The van der Waals surface area contributed by atoms with Crippen LogP contribution in [0.1, 0.15) is 97.3 Å². The molecule has 0 atom stereocenters. The monoisotopic (exact) mass is 728 g/mol. The van der Waals surface area contributed by atoms with Crippen molar-refractivity contribution in [1.29, 1.82) is 0 Å². The van der Waals surface area contributed by atoms with Crippen molar-refractivity contribution in [3.05, 3.63) is 183 Å². The van der Waals surface area contributed by atoms with Gasteiger partial charge in [-0.15, -0.1) is 0 Å². The van der Waals surface area contributed by atoms with E-state index in [0.717, 1.165) is 22.5 Å². The lowest BCUT2D eigenvalue weighted by Crippen LogP contribution is -2.33. The highest BCUT2D eigenvalue weighted by Crippen LogP contribution is 2.51. The van der Waals surface area contributed by atoms with E-state index in [4.69, 9.17) is 4.98 Å². The van der Waals surface area contributed by atoms with Crippen molar-refractivity contribution in [3.63, 3.8) is 0 Å².